The van der Waals surface area contributed by atoms with Crippen LogP contribution < -0.4 is 11.2 Å². The molecule has 0 aliphatic carbocycles. The van der Waals surface area contributed by atoms with Crippen LogP contribution in [0.5, 0.6) is 0 Å². The van der Waals surface area contributed by atoms with E-state index in [-0.39, 0.29) is 6.17 Å². The van der Waals surface area contributed by atoms with E-state index in [1.807, 2.05) is 12.2 Å². The predicted molar refractivity (Wildman–Crippen MR) is 30.8 cm³/mol. The third kappa shape index (κ3) is 1.61. The van der Waals surface area contributed by atoms with Crippen LogP contribution in [0.3, 0.4) is 0 Å². The van der Waals surface area contributed by atoms with Crippen molar-refractivity contribution in [2.75, 3.05) is 6.61 Å². The van der Waals surface area contributed by atoms with Crippen LogP contribution in [0.25, 0.3) is 0 Å². The fraction of sp³-hybridized carbons (Fsp3) is 0.600. The van der Waals surface area contributed by atoms with Gasteiger partial charge in [-0.25, -0.2) is 0 Å². The summed E-state index contributed by atoms with van der Waals surface area (Å²) >= 11 is 0. The van der Waals surface area contributed by atoms with Gasteiger partial charge in [-0.1, -0.05) is 12.2 Å². The van der Waals surface area contributed by atoms with Gasteiger partial charge < -0.3 is 5.73 Å². The Morgan fingerprint density at radius 1 is 1.75 bits per heavy atom. The lowest BCUT2D eigenvalue weighted by Gasteiger charge is -2.03. The molecule has 1 heterocycles. The number of rotatable bonds is 0. The molecule has 46 valence electrons. The van der Waals surface area contributed by atoms with Crippen molar-refractivity contribution in [1.82, 2.24) is 5.48 Å². The average molecular weight is 114 g/mol. The highest BCUT2D eigenvalue weighted by atomic mass is 16.6. The van der Waals surface area contributed by atoms with Crippen molar-refractivity contribution in [2.45, 2.75) is 12.6 Å². The van der Waals surface area contributed by atoms with Crippen molar-refractivity contribution < 1.29 is 4.84 Å². The van der Waals surface area contributed by atoms with E-state index in [1.165, 1.54) is 0 Å². The van der Waals surface area contributed by atoms with Crippen LogP contribution in [0, 0.1) is 0 Å². The topological polar surface area (TPSA) is 47.3 Å². The monoisotopic (exact) mass is 114 g/mol. The molecule has 1 unspecified atom stereocenters. The fourth-order valence-corrected chi connectivity index (χ4v) is 0.564. The van der Waals surface area contributed by atoms with Gasteiger partial charge in [-0.15, -0.1) is 0 Å². The molecular weight excluding hydrogens is 104 g/mol. The smallest absolute Gasteiger partial charge is 0.0973 e. The van der Waals surface area contributed by atoms with Gasteiger partial charge in [0.1, 0.15) is 0 Å². The lowest BCUT2D eigenvalue weighted by atomic mass is 10.4. The standard InChI is InChI=1S/C5H10N2O/c6-5-3-1-2-4-8-7-5/h1,3,5,7H,2,4,6H2. The van der Waals surface area contributed by atoms with E-state index in [0.29, 0.717) is 6.61 Å². The first-order valence-electron chi connectivity index (χ1n) is 2.69. The Labute approximate surface area is 48.5 Å². The molecule has 0 bridgehead atoms. The van der Waals surface area contributed by atoms with Gasteiger partial charge in [-0.05, 0) is 6.42 Å². The Hall–Kier alpha value is -0.380. The van der Waals surface area contributed by atoms with E-state index in [1.54, 1.807) is 0 Å². The molecule has 0 spiro atoms. The van der Waals surface area contributed by atoms with E-state index < -0.39 is 0 Å². The quantitative estimate of drug-likeness (QED) is 0.427. The Kier molecular flexibility index (Phi) is 2.02. The first kappa shape index (κ1) is 5.75. The fourth-order valence-electron chi connectivity index (χ4n) is 0.564. The van der Waals surface area contributed by atoms with Crippen molar-refractivity contribution in [3.05, 3.63) is 12.2 Å². The zero-order valence-corrected chi connectivity index (χ0v) is 4.63. The molecule has 0 aromatic rings. The lowest BCUT2D eigenvalue weighted by Crippen LogP contribution is -2.34. The molecule has 0 saturated heterocycles. The molecule has 0 saturated carbocycles. The number of hydroxylamine groups is 1. The zero-order chi connectivity index (χ0) is 5.82. The van der Waals surface area contributed by atoms with E-state index in [9.17, 15) is 0 Å². The second-order valence-electron chi connectivity index (χ2n) is 1.71. The van der Waals surface area contributed by atoms with Crippen LogP contribution in [0.2, 0.25) is 0 Å². The molecule has 1 rings (SSSR count). The Morgan fingerprint density at radius 2 is 2.62 bits per heavy atom. The Balaban J connectivity index is 2.33. The van der Waals surface area contributed by atoms with Gasteiger partial charge in [0.05, 0.1) is 12.8 Å². The average Bonchev–Trinajstić information content (AvgIpc) is 1.94. The summed E-state index contributed by atoms with van der Waals surface area (Å²) in [5, 5.41) is 0. The zero-order valence-electron chi connectivity index (χ0n) is 4.63. The molecule has 0 amide bonds. The summed E-state index contributed by atoms with van der Waals surface area (Å²) in [4.78, 5) is 4.87. The largest absolute Gasteiger partial charge is 0.311 e. The van der Waals surface area contributed by atoms with Gasteiger partial charge in [-0.2, -0.15) is 5.48 Å². The van der Waals surface area contributed by atoms with Gasteiger partial charge in [0.15, 0.2) is 0 Å². The minimum Gasteiger partial charge on any atom is -0.311 e. The molecular formula is C5H10N2O. The summed E-state index contributed by atoms with van der Waals surface area (Å²) < 4.78 is 0. The summed E-state index contributed by atoms with van der Waals surface area (Å²) in [5.41, 5.74) is 8.05. The predicted octanol–water partition coefficient (Wildman–Crippen LogP) is -0.248. The lowest BCUT2D eigenvalue weighted by molar-refractivity contribution is 0.0350. The van der Waals surface area contributed by atoms with Crippen molar-refractivity contribution in [1.29, 1.82) is 0 Å². The van der Waals surface area contributed by atoms with Gasteiger partial charge in [-0.3, -0.25) is 4.84 Å². The van der Waals surface area contributed by atoms with E-state index in [0.717, 1.165) is 6.42 Å². The highest BCUT2D eigenvalue weighted by Crippen LogP contribution is 1.90. The van der Waals surface area contributed by atoms with Crippen molar-refractivity contribution in [3.63, 3.8) is 0 Å². The highest BCUT2D eigenvalue weighted by molar-refractivity contribution is 4.89. The van der Waals surface area contributed by atoms with Crippen LogP contribution in [-0.4, -0.2) is 12.8 Å². The summed E-state index contributed by atoms with van der Waals surface area (Å²) in [6, 6.07) is 0. The molecule has 0 radical (unpaired) electrons. The third-order valence-corrected chi connectivity index (χ3v) is 0.949. The molecule has 0 fully saturated rings. The van der Waals surface area contributed by atoms with Crippen molar-refractivity contribution >= 4 is 0 Å². The van der Waals surface area contributed by atoms with Gasteiger partial charge in [0.2, 0.25) is 0 Å². The van der Waals surface area contributed by atoms with Crippen LogP contribution in [-0.2, 0) is 4.84 Å². The van der Waals surface area contributed by atoms with Gasteiger partial charge >= 0.3 is 0 Å². The van der Waals surface area contributed by atoms with E-state index in [2.05, 4.69) is 5.48 Å². The summed E-state index contributed by atoms with van der Waals surface area (Å²) in [7, 11) is 0. The van der Waals surface area contributed by atoms with Crippen LogP contribution in [0.15, 0.2) is 12.2 Å². The van der Waals surface area contributed by atoms with Crippen LogP contribution in [0.4, 0.5) is 0 Å². The molecule has 3 nitrogen and oxygen atoms in total. The molecule has 1 aliphatic rings. The summed E-state index contributed by atoms with van der Waals surface area (Å²) in [5.74, 6) is 0. The first-order valence-corrected chi connectivity index (χ1v) is 2.69. The maximum Gasteiger partial charge on any atom is 0.0973 e. The molecule has 3 N–H and O–H groups in total. The van der Waals surface area contributed by atoms with Gasteiger partial charge in [0, 0.05) is 0 Å². The molecule has 1 aliphatic heterocycles. The van der Waals surface area contributed by atoms with Crippen molar-refractivity contribution in [3.8, 4) is 0 Å². The minimum atomic E-state index is -0.127. The number of hydrogen-bond donors (Lipinski definition) is 2. The molecule has 0 aromatic heterocycles. The normalized spacial score (nSPS) is 29.9. The third-order valence-electron chi connectivity index (χ3n) is 0.949. The van der Waals surface area contributed by atoms with Crippen molar-refractivity contribution in [2.24, 2.45) is 5.73 Å². The second-order valence-corrected chi connectivity index (χ2v) is 1.71. The number of hydrogen-bond acceptors (Lipinski definition) is 3. The maximum atomic E-state index is 5.41. The van der Waals surface area contributed by atoms with E-state index in [4.69, 9.17) is 10.6 Å². The van der Waals surface area contributed by atoms with Gasteiger partial charge in [0.25, 0.3) is 0 Å². The Morgan fingerprint density at radius 3 is 3.50 bits per heavy atom. The minimum absolute atomic E-state index is 0.127. The Bertz CT molecular complexity index is 92.4. The highest BCUT2D eigenvalue weighted by Gasteiger charge is 1.97. The first-order chi connectivity index (χ1) is 3.89. The number of nitrogens with two attached hydrogens (primary N) is 1. The van der Waals surface area contributed by atoms with Crippen LogP contribution >= 0.6 is 0 Å². The molecule has 0 aromatic carbocycles. The molecule has 8 heavy (non-hydrogen) atoms. The maximum absolute atomic E-state index is 5.41. The SMILES string of the molecule is NC1C=CCCON1. The van der Waals surface area contributed by atoms with E-state index >= 15 is 0 Å². The molecule has 3 heteroatoms. The van der Waals surface area contributed by atoms with Crippen LogP contribution in [0.1, 0.15) is 6.42 Å². The second kappa shape index (κ2) is 2.81. The summed E-state index contributed by atoms with van der Waals surface area (Å²) in [6.45, 7) is 0.712. The number of nitrogens with one attached hydrogen (secondary N) is 1. The summed E-state index contributed by atoms with van der Waals surface area (Å²) in [6.07, 6.45) is 4.70. The molecule has 1 atom stereocenters.